The molecule has 0 bridgehead atoms. The van der Waals surface area contributed by atoms with Gasteiger partial charge in [0.1, 0.15) is 12.4 Å². The zero-order valence-electron chi connectivity index (χ0n) is 12.1. The van der Waals surface area contributed by atoms with Crippen molar-refractivity contribution in [3.05, 3.63) is 29.6 Å². The third kappa shape index (κ3) is 2.87. The Kier molecular flexibility index (Phi) is 4.22. The molecule has 1 heterocycles. The van der Waals surface area contributed by atoms with E-state index in [9.17, 15) is 13.6 Å². The van der Waals surface area contributed by atoms with Gasteiger partial charge in [-0.2, -0.15) is 0 Å². The molecule has 0 aliphatic heterocycles. The van der Waals surface area contributed by atoms with E-state index in [-0.39, 0.29) is 25.1 Å². The highest BCUT2D eigenvalue weighted by Crippen LogP contribution is 2.20. The fourth-order valence-electron chi connectivity index (χ4n) is 2.06. The molecule has 2 aromatic rings. The van der Waals surface area contributed by atoms with Gasteiger partial charge >= 0.3 is 0 Å². The number of rotatable bonds is 4. The molecule has 0 aliphatic carbocycles. The predicted molar refractivity (Wildman–Crippen MR) is 73.7 cm³/mol. The molecule has 1 aromatic heterocycles. The second-order valence-corrected chi connectivity index (χ2v) is 5.04. The van der Waals surface area contributed by atoms with Crippen molar-refractivity contribution in [3.63, 3.8) is 0 Å². The van der Waals surface area contributed by atoms with Crippen molar-refractivity contribution in [2.75, 3.05) is 13.7 Å². The van der Waals surface area contributed by atoms with E-state index in [0.717, 1.165) is 12.1 Å². The summed E-state index contributed by atoms with van der Waals surface area (Å²) in [4.78, 5) is 17.7. The number of aromatic nitrogens is 2. The van der Waals surface area contributed by atoms with Crippen LogP contribution in [0, 0.1) is 18.6 Å². The zero-order chi connectivity index (χ0) is 15.7. The first-order valence-electron chi connectivity index (χ1n) is 6.53. The summed E-state index contributed by atoms with van der Waals surface area (Å²) in [6.07, 6.45) is 0. The Morgan fingerprint density at radius 1 is 1.43 bits per heavy atom. The van der Waals surface area contributed by atoms with Crippen molar-refractivity contribution in [1.29, 1.82) is 0 Å². The summed E-state index contributed by atoms with van der Waals surface area (Å²) in [5.74, 6) is -1.70. The number of halogens is 2. The molecule has 1 aromatic carbocycles. The van der Waals surface area contributed by atoms with Crippen LogP contribution in [0.5, 0.6) is 0 Å². The minimum Gasteiger partial charge on any atom is -0.394 e. The number of carbonyl (C=O) groups excluding carboxylic acids is 1. The van der Waals surface area contributed by atoms with Gasteiger partial charge in [0, 0.05) is 19.2 Å². The molecule has 1 atom stereocenters. The van der Waals surface area contributed by atoms with Crippen molar-refractivity contribution in [2.24, 2.45) is 0 Å². The lowest BCUT2D eigenvalue weighted by molar-refractivity contribution is -0.133. The molecule has 0 fully saturated rings. The fraction of sp³-hybridized carbons (Fsp3) is 0.429. The standard InChI is InChI=1S/C14H17F2N3O2/c1-8(7-20)18(3)14(21)6-19-9(2)17-12-4-10(15)11(16)5-13(12)19/h4-5,8,20H,6-7H2,1-3H3/t8-/m0/s1. The minimum absolute atomic E-state index is 0.0474. The monoisotopic (exact) mass is 297 g/mol. The number of nitrogens with zero attached hydrogens (tertiary/aromatic N) is 3. The van der Waals surface area contributed by atoms with Crippen molar-refractivity contribution < 1.29 is 18.7 Å². The number of aliphatic hydroxyl groups is 1. The van der Waals surface area contributed by atoms with Gasteiger partial charge in [0.2, 0.25) is 5.91 Å². The number of fused-ring (bicyclic) bond motifs is 1. The summed E-state index contributed by atoms with van der Waals surface area (Å²) in [7, 11) is 1.58. The summed E-state index contributed by atoms with van der Waals surface area (Å²) in [5, 5.41) is 9.07. The van der Waals surface area contributed by atoms with E-state index in [1.54, 1.807) is 20.9 Å². The van der Waals surface area contributed by atoms with E-state index in [4.69, 9.17) is 5.11 Å². The van der Waals surface area contributed by atoms with Gasteiger partial charge in [-0.3, -0.25) is 4.79 Å². The Balaban J connectivity index is 2.36. The average Bonchev–Trinajstić information content (AvgIpc) is 2.73. The molecule has 5 nitrogen and oxygen atoms in total. The number of benzene rings is 1. The van der Waals surface area contributed by atoms with E-state index in [1.165, 1.54) is 9.47 Å². The Morgan fingerprint density at radius 3 is 2.67 bits per heavy atom. The quantitative estimate of drug-likeness (QED) is 0.929. The largest absolute Gasteiger partial charge is 0.394 e. The van der Waals surface area contributed by atoms with Crippen molar-refractivity contribution >= 4 is 16.9 Å². The highest BCUT2D eigenvalue weighted by atomic mass is 19.2. The number of likely N-dealkylation sites (N-methyl/N-ethyl adjacent to an activating group) is 1. The highest BCUT2D eigenvalue weighted by molar-refractivity contribution is 5.81. The molecule has 0 saturated carbocycles. The molecule has 1 amide bonds. The molecule has 21 heavy (non-hydrogen) atoms. The van der Waals surface area contributed by atoms with Gasteiger partial charge < -0.3 is 14.6 Å². The lowest BCUT2D eigenvalue weighted by Gasteiger charge is -2.23. The van der Waals surface area contributed by atoms with E-state index >= 15 is 0 Å². The average molecular weight is 297 g/mol. The topological polar surface area (TPSA) is 58.4 Å². The molecule has 7 heteroatoms. The highest BCUT2D eigenvalue weighted by Gasteiger charge is 2.19. The molecule has 0 spiro atoms. The van der Waals surface area contributed by atoms with Crippen molar-refractivity contribution in [1.82, 2.24) is 14.5 Å². The van der Waals surface area contributed by atoms with Crippen LogP contribution in [0.2, 0.25) is 0 Å². The molecule has 0 unspecified atom stereocenters. The second kappa shape index (κ2) is 5.77. The molecule has 114 valence electrons. The number of hydrogen-bond acceptors (Lipinski definition) is 3. The molecule has 0 saturated heterocycles. The van der Waals surface area contributed by atoms with Crippen LogP contribution in [-0.4, -0.2) is 45.2 Å². The van der Waals surface area contributed by atoms with Crippen molar-refractivity contribution in [3.8, 4) is 0 Å². The first-order valence-corrected chi connectivity index (χ1v) is 6.53. The lowest BCUT2D eigenvalue weighted by atomic mass is 10.3. The van der Waals surface area contributed by atoms with Gasteiger partial charge in [0.15, 0.2) is 11.6 Å². The van der Waals surface area contributed by atoms with Gasteiger partial charge in [-0.15, -0.1) is 0 Å². The Hall–Kier alpha value is -2.02. The summed E-state index contributed by atoms with van der Waals surface area (Å²) in [6.45, 7) is 3.18. The minimum atomic E-state index is -0.979. The maximum Gasteiger partial charge on any atom is 0.242 e. The molecule has 0 aliphatic rings. The van der Waals surface area contributed by atoms with Crippen molar-refractivity contribution in [2.45, 2.75) is 26.4 Å². The number of hydrogen-bond donors (Lipinski definition) is 1. The van der Waals surface area contributed by atoms with Crippen LogP contribution < -0.4 is 0 Å². The molecule has 0 radical (unpaired) electrons. The van der Waals surface area contributed by atoms with Gasteiger partial charge in [-0.1, -0.05) is 0 Å². The first kappa shape index (κ1) is 15.4. The molecule has 1 N–H and O–H groups in total. The van der Waals surface area contributed by atoms with E-state index in [0.29, 0.717) is 16.9 Å². The molecular weight excluding hydrogens is 280 g/mol. The fourth-order valence-corrected chi connectivity index (χ4v) is 2.06. The van der Waals surface area contributed by atoms with Gasteiger partial charge in [-0.25, -0.2) is 13.8 Å². The van der Waals surface area contributed by atoms with Gasteiger partial charge in [0.05, 0.1) is 23.7 Å². The van der Waals surface area contributed by atoms with E-state index < -0.39 is 11.6 Å². The van der Waals surface area contributed by atoms with Crippen LogP contribution in [0.1, 0.15) is 12.7 Å². The lowest BCUT2D eigenvalue weighted by Crippen LogP contribution is -2.39. The van der Waals surface area contributed by atoms with Crippen LogP contribution in [-0.2, 0) is 11.3 Å². The van der Waals surface area contributed by atoms with E-state index in [1.807, 2.05) is 0 Å². The second-order valence-electron chi connectivity index (χ2n) is 5.04. The zero-order valence-corrected chi connectivity index (χ0v) is 12.1. The van der Waals surface area contributed by atoms with Crippen LogP contribution >= 0.6 is 0 Å². The summed E-state index contributed by atoms with van der Waals surface area (Å²) >= 11 is 0. The Morgan fingerprint density at radius 2 is 2.05 bits per heavy atom. The number of imidazole rings is 1. The van der Waals surface area contributed by atoms with Gasteiger partial charge in [-0.05, 0) is 13.8 Å². The smallest absolute Gasteiger partial charge is 0.242 e. The first-order chi connectivity index (χ1) is 9.85. The van der Waals surface area contributed by atoms with Crippen LogP contribution in [0.25, 0.3) is 11.0 Å². The number of aliphatic hydroxyl groups excluding tert-OH is 1. The molecule has 2 rings (SSSR count). The third-order valence-electron chi connectivity index (χ3n) is 3.59. The van der Waals surface area contributed by atoms with Crippen LogP contribution in [0.3, 0.4) is 0 Å². The summed E-state index contributed by atoms with van der Waals surface area (Å²) in [6, 6.07) is 1.73. The van der Waals surface area contributed by atoms with E-state index in [2.05, 4.69) is 4.98 Å². The normalized spacial score (nSPS) is 12.7. The Labute approximate surface area is 120 Å². The molecular formula is C14H17F2N3O2. The van der Waals surface area contributed by atoms with Crippen LogP contribution in [0.4, 0.5) is 8.78 Å². The summed E-state index contributed by atoms with van der Waals surface area (Å²) in [5.41, 5.74) is 0.668. The SMILES string of the molecule is Cc1nc2cc(F)c(F)cc2n1CC(=O)N(C)[C@@H](C)CO. The summed E-state index contributed by atoms with van der Waals surface area (Å²) < 4.78 is 28.1. The maximum atomic E-state index is 13.4. The third-order valence-corrected chi connectivity index (χ3v) is 3.59. The maximum absolute atomic E-state index is 13.4. The predicted octanol–water partition coefficient (Wildman–Crippen LogP) is 1.46. The Bertz CT molecular complexity index is 684. The number of carbonyl (C=O) groups is 1. The number of amides is 1. The van der Waals surface area contributed by atoms with Crippen LogP contribution in [0.15, 0.2) is 12.1 Å². The van der Waals surface area contributed by atoms with Gasteiger partial charge in [0.25, 0.3) is 0 Å². The number of aryl methyl sites for hydroxylation is 1.